The highest BCUT2D eigenvalue weighted by atomic mass is 32.2. The van der Waals surface area contributed by atoms with Crippen molar-refractivity contribution in [3.8, 4) is 0 Å². The number of aromatic nitrogens is 1. The Kier molecular flexibility index (Phi) is 5.23. The zero-order chi connectivity index (χ0) is 17.0. The first-order chi connectivity index (χ1) is 11.6. The molecule has 1 N–H and O–H groups in total. The molecular weight excluding hydrogens is 331 g/mol. The summed E-state index contributed by atoms with van der Waals surface area (Å²) in [6, 6.07) is 8.07. The Labute approximate surface area is 140 Å². The fraction of sp³-hybridized carbons (Fsp3) is 0.353. The van der Waals surface area contributed by atoms with Gasteiger partial charge in [-0.3, -0.25) is 4.98 Å². The van der Waals surface area contributed by atoms with Crippen LogP contribution in [0, 0.1) is 11.7 Å². The highest BCUT2D eigenvalue weighted by Crippen LogP contribution is 2.31. The van der Waals surface area contributed by atoms with E-state index >= 15 is 0 Å². The lowest BCUT2D eigenvalue weighted by Crippen LogP contribution is -2.36. The number of pyridine rings is 1. The van der Waals surface area contributed by atoms with Gasteiger partial charge in [0.05, 0.1) is 10.9 Å². The second kappa shape index (κ2) is 7.38. The number of nitrogens with zero attached hydrogens (tertiary/aromatic N) is 1. The Morgan fingerprint density at radius 2 is 1.88 bits per heavy atom. The van der Waals surface area contributed by atoms with Crippen LogP contribution in [0.25, 0.3) is 0 Å². The van der Waals surface area contributed by atoms with Crippen LogP contribution in [-0.4, -0.2) is 26.6 Å². The molecule has 1 aromatic carbocycles. The Balaban J connectivity index is 1.89. The van der Waals surface area contributed by atoms with E-state index in [0.29, 0.717) is 13.2 Å². The fourth-order valence-electron chi connectivity index (χ4n) is 2.89. The first-order valence-corrected chi connectivity index (χ1v) is 9.30. The van der Waals surface area contributed by atoms with Crippen LogP contribution in [0.4, 0.5) is 4.39 Å². The zero-order valence-electron chi connectivity index (χ0n) is 13.1. The van der Waals surface area contributed by atoms with Gasteiger partial charge in [-0.25, -0.2) is 17.5 Å². The van der Waals surface area contributed by atoms with Crippen molar-refractivity contribution in [2.24, 2.45) is 5.92 Å². The topological polar surface area (TPSA) is 68.3 Å². The smallest absolute Gasteiger partial charge is 0.241 e. The standard InChI is InChI=1S/C17H19FN2O3S/c18-15-3-5-16(6-4-15)24(21,22)20-17(13-7-10-23-11-8-13)14-2-1-9-19-12-14/h1-6,9,12-13,17,20H,7-8,10-11H2. The maximum absolute atomic E-state index is 13.1. The van der Waals surface area contributed by atoms with Crippen LogP contribution in [0.1, 0.15) is 24.4 Å². The highest BCUT2D eigenvalue weighted by molar-refractivity contribution is 7.89. The van der Waals surface area contributed by atoms with E-state index in [1.165, 1.54) is 12.1 Å². The molecule has 3 rings (SSSR count). The molecule has 0 spiro atoms. The Bertz CT molecular complexity index is 760. The van der Waals surface area contributed by atoms with E-state index in [1.54, 1.807) is 18.5 Å². The van der Waals surface area contributed by atoms with E-state index in [4.69, 9.17) is 4.74 Å². The number of sulfonamides is 1. The Morgan fingerprint density at radius 3 is 2.50 bits per heavy atom. The molecule has 7 heteroatoms. The van der Waals surface area contributed by atoms with Crippen molar-refractivity contribution in [2.45, 2.75) is 23.8 Å². The van der Waals surface area contributed by atoms with Crippen molar-refractivity contribution in [3.05, 3.63) is 60.2 Å². The minimum atomic E-state index is -3.76. The van der Waals surface area contributed by atoms with Gasteiger partial charge in [0, 0.05) is 25.6 Å². The molecule has 1 aliphatic heterocycles. The maximum atomic E-state index is 13.1. The third-order valence-electron chi connectivity index (χ3n) is 4.19. The van der Waals surface area contributed by atoms with Gasteiger partial charge in [0.1, 0.15) is 5.82 Å². The normalized spacial score (nSPS) is 17.5. The molecule has 1 aromatic heterocycles. The third kappa shape index (κ3) is 3.98. The summed E-state index contributed by atoms with van der Waals surface area (Å²) in [4.78, 5) is 4.15. The Morgan fingerprint density at radius 1 is 1.17 bits per heavy atom. The second-order valence-electron chi connectivity index (χ2n) is 5.79. The average molecular weight is 350 g/mol. The van der Waals surface area contributed by atoms with Crippen molar-refractivity contribution in [3.63, 3.8) is 0 Å². The van der Waals surface area contributed by atoms with Crippen LogP contribution in [0.3, 0.4) is 0 Å². The van der Waals surface area contributed by atoms with Crippen LogP contribution in [-0.2, 0) is 14.8 Å². The number of hydrogen-bond acceptors (Lipinski definition) is 4. The number of halogens is 1. The number of benzene rings is 1. The van der Waals surface area contributed by atoms with Gasteiger partial charge in [0.15, 0.2) is 0 Å². The molecule has 1 fully saturated rings. The lowest BCUT2D eigenvalue weighted by atomic mass is 9.88. The second-order valence-corrected chi connectivity index (χ2v) is 7.50. The summed E-state index contributed by atoms with van der Waals surface area (Å²) in [6.45, 7) is 1.22. The zero-order valence-corrected chi connectivity index (χ0v) is 13.9. The lowest BCUT2D eigenvalue weighted by Gasteiger charge is -2.31. The predicted octanol–water partition coefficient (Wildman–Crippen LogP) is 2.67. The molecule has 0 aliphatic carbocycles. The minimum Gasteiger partial charge on any atom is -0.381 e. The molecule has 2 heterocycles. The highest BCUT2D eigenvalue weighted by Gasteiger charge is 2.30. The van der Waals surface area contributed by atoms with Gasteiger partial charge in [-0.2, -0.15) is 0 Å². The molecule has 2 aromatic rings. The molecule has 0 radical (unpaired) electrons. The van der Waals surface area contributed by atoms with Crippen LogP contribution in [0.2, 0.25) is 0 Å². The minimum absolute atomic E-state index is 0.0462. The first kappa shape index (κ1) is 17.0. The fourth-order valence-corrected chi connectivity index (χ4v) is 4.19. The quantitative estimate of drug-likeness (QED) is 0.900. The van der Waals surface area contributed by atoms with Crippen LogP contribution in [0.15, 0.2) is 53.7 Å². The van der Waals surface area contributed by atoms with E-state index in [9.17, 15) is 12.8 Å². The molecule has 1 saturated heterocycles. The summed E-state index contributed by atoms with van der Waals surface area (Å²) in [5.74, 6) is -0.347. The number of rotatable bonds is 5. The predicted molar refractivity (Wildman–Crippen MR) is 87.2 cm³/mol. The molecule has 0 amide bonds. The maximum Gasteiger partial charge on any atom is 0.241 e. The molecule has 24 heavy (non-hydrogen) atoms. The van der Waals surface area contributed by atoms with Gasteiger partial charge in [0.25, 0.3) is 0 Å². The summed E-state index contributed by atoms with van der Waals surface area (Å²) in [5.41, 5.74) is 0.815. The molecule has 1 unspecified atom stereocenters. The van der Waals surface area contributed by atoms with Crippen molar-refractivity contribution in [2.75, 3.05) is 13.2 Å². The number of nitrogens with one attached hydrogen (secondary N) is 1. The van der Waals surface area contributed by atoms with Gasteiger partial charge >= 0.3 is 0 Å². The molecule has 0 bridgehead atoms. The van der Waals surface area contributed by atoms with Crippen molar-refractivity contribution >= 4 is 10.0 Å². The van der Waals surface area contributed by atoms with Crippen LogP contribution >= 0.6 is 0 Å². The van der Waals surface area contributed by atoms with Gasteiger partial charge in [0.2, 0.25) is 10.0 Å². The number of hydrogen-bond donors (Lipinski definition) is 1. The van der Waals surface area contributed by atoms with E-state index < -0.39 is 21.9 Å². The average Bonchev–Trinajstić information content (AvgIpc) is 2.62. The summed E-state index contributed by atoms with van der Waals surface area (Å²) in [7, 11) is -3.76. The van der Waals surface area contributed by atoms with Gasteiger partial charge in [-0.1, -0.05) is 6.07 Å². The van der Waals surface area contributed by atoms with E-state index in [-0.39, 0.29) is 10.8 Å². The molecule has 1 aliphatic rings. The van der Waals surface area contributed by atoms with E-state index in [2.05, 4.69) is 9.71 Å². The molecule has 0 saturated carbocycles. The van der Waals surface area contributed by atoms with Crippen LogP contribution < -0.4 is 4.72 Å². The molecular formula is C17H19FN2O3S. The lowest BCUT2D eigenvalue weighted by molar-refractivity contribution is 0.0564. The third-order valence-corrected chi connectivity index (χ3v) is 5.64. The van der Waals surface area contributed by atoms with Gasteiger partial charge in [-0.05, 0) is 54.7 Å². The first-order valence-electron chi connectivity index (χ1n) is 7.82. The SMILES string of the molecule is O=S(=O)(NC(c1cccnc1)C1CCOCC1)c1ccc(F)cc1. The van der Waals surface area contributed by atoms with Crippen LogP contribution in [0.5, 0.6) is 0 Å². The molecule has 5 nitrogen and oxygen atoms in total. The van der Waals surface area contributed by atoms with Gasteiger partial charge in [-0.15, -0.1) is 0 Å². The largest absolute Gasteiger partial charge is 0.381 e. The molecule has 1 atom stereocenters. The van der Waals surface area contributed by atoms with E-state index in [0.717, 1.165) is 30.5 Å². The van der Waals surface area contributed by atoms with Gasteiger partial charge < -0.3 is 4.74 Å². The van der Waals surface area contributed by atoms with Crippen molar-refractivity contribution in [1.29, 1.82) is 0 Å². The number of ether oxygens (including phenoxy) is 1. The Hall–Kier alpha value is -1.83. The summed E-state index contributed by atoms with van der Waals surface area (Å²) in [6.07, 6.45) is 4.86. The van der Waals surface area contributed by atoms with E-state index in [1.807, 2.05) is 6.07 Å². The summed E-state index contributed by atoms with van der Waals surface area (Å²) < 4.78 is 46.6. The van der Waals surface area contributed by atoms with Crippen molar-refractivity contribution < 1.29 is 17.5 Å². The summed E-state index contributed by atoms with van der Waals surface area (Å²) in [5, 5.41) is 0. The van der Waals surface area contributed by atoms with Crippen molar-refractivity contribution in [1.82, 2.24) is 9.71 Å². The summed E-state index contributed by atoms with van der Waals surface area (Å²) >= 11 is 0. The molecule has 128 valence electrons. The monoisotopic (exact) mass is 350 g/mol.